The van der Waals surface area contributed by atoms with Gasteiger partial charge in [0.1, 0.15) is 5.69 Å². The van der Waals surface area contributed by atoms with Gasteiger partial charge < -0.3 is 4.98 Å². The average molecular weight is 296 g/mol. The predicted molar refractivity (Wildman–Crippen MR) is 70.3 cm³/mol. The van der Waals surface area contributed by atoms with Crippen molar-refractivity contribution in [3.63, 3.8) is 0 Å². The van der Waals surface area contributed by atoms with Crippen LogP contribution >= 0.6 is 11.6 Å². The minimum atomic E-state index is -0.770. The number of rotatable bonds is 1. The van der Waals surface area contributed by atoms with Crippen LogP contribution in [0.2, 0.25) is 0 Å². The number of nitrogens with zero attached hydrogens (tertiary/aromatic N) is 1. The Morgan fingerprint density at radius 2 is 1.85 bits per heavy atom. The minimum Gasteiger partial charge on any atom is -0.312 e. The fourth-order valence-electron chi connectivity index (χ4n) is 2.63. The summed E-state index contributed by atoms with van der Waals surface area (Å²) in [5, 5.41) is 0.546. The van der Waals surface area contributed by atoms with Crippen LogP contribution < -0.4 is 16.1 Å². The Balaban J connectivity index is 2.04. The summed E-state index contributed by atoms with van der Waals surface area (Å²) in [5.74, 6) is -1.91. The number of halogens is 1. The molecule has 1 aromatic rings. The maximum absolute atomic E-state index is 12.3. The maximum Gasteiger partial charge on any atom is 0.325 e. The van der Waals surface area contributed by atoms with E-state index in [2.05, 4.69) is 4.98 Å². The number of hydrogen-bond donors (Lipinski definition) is 2. The van der Waals surface area contributed by atoms with Gasteiger partial charge in [0.2, 0.25) is 11.8 Å². The fraction of sp³-hybridized carbons (Fsp3) is 0.333. The van der Waals surface area contributed by atoms with Gasteiger partial charge in [0.05, 0.1) is 11.8 Å². The molecule has 1 aromatic heterocycles. The summed E-state index contributed by atoms with van der Waals surface area (Å²) in [7, 11) is 0. The molecule has 0 unspecified atom stereocenters. The number of amides is 2. The molecule has 2 amide bonds. The Bertz CT molecular complexity index is 748. The summed E-state index contributed by atoms with van der Waals surface area (Å²) >= 11 is 5.91. The number of anilines is 1. The Labute approximate surface area is 117 Å². The number of hydrogen-bond acceptors (Lipinski definition) is 4. The molecule has 1 saturated heterocycles. The van der Waals surface area contributed by atoms with Gasteiger partial charge >= 0.3 is 5.69 Å². The van der Waals surface area contributed by atoms with Gasteiger partial charge in [-0.1, -0.05) is 17.7 Å². The highest BCUT2D eigenvalue weighted by Crippen LogP contribution is 2.39. The number of carbonyl (C=O) groups excluding carboxylic acids is 2. The van der Waals surface area contributed by atoms with Crippen LogP contribution in [-0.2, 0) is 9.59 Å². The number of imide groups is 1. The van der Waals surface area contributed by atoms with Crippen molar-refractivity contribution >= 4 is 29.1 Å². The van der Waals surface area contributed by atoms with Crippen molar-refractivity contribution in [3.05, 3.63) is 38.1 Å². The first-order chi connectivity index (χ1) is 9.49. The molecular weight excluding hydrogens is 286 g/mol. The Morgan fingerprint density at radius 1 is 1.15 bits per heavy atom. The van der Waals surface area contributed by atoms with Crippen molar-refractivity contribution in [2.45, 2.75) is 12.8 Å². The molecule has 1 aliphatic carbocycles. The van der Waals surface area contributed by atoms with Crippen LogP contribution in [0.15, 0.2) is 26.9 Å². The van der Waals surface area contributed by atoms with E-state index in [-0.39, 0.29) is 5.69 Å². The molecule has 0 spiro atoms. The third-order valence-corrected chi connectivity index (χ3v) is 3.92. The summed E-state index contributed by atoms with van der Waals surface area (Å²) < 4.78 is 0. The summed E-state index contributed by atoms with van der Waals surface area (Å²) in [6, 6.07) is 0. The highest BCUT2D eigenvalue weighted by Gasteiger charge is 2.49. The van der Waals surface area contributed by atoms with Gasteiger partial charge in [0, 0.05) is 11.2 Å². The van der Waals surface area contributed by atoms with Gasteiger partial charge in [0.15, 0.2) is 0 Å². The minimum absolute atomic E-state index is 0.162. The van der Waals surface area contributed by atoms with Crippen LogP contribution in [0.5, 0.6) is 0 Å². The highest BCUT2D eigenvalue weighted by molar-refractivity contribution is 6.30. The van der Waals surface area contributed by atoms with Crippen LogP contribution in [0.4, 0.5) is 5.69 Å². The van der Waals surface area contributed by atoms with Gasteiger partial charge in [-0.15, -0.1) is 0 Å². The Kier molecular flexibility index (Phi) is 2.86. The van der Waals surface area contributed by atoms with E-state index in [1.54, 1.807) is 6.08 Å². The number of fused-ring (bicyclic) bond motifs is 1. The van der Waals surface area contributed by atoms with Crippen molar-refractivity contribution in [2.75, 3.05) is 4.90 Å². The molecule has 2 atom stereocenters. The molecule has 0 radical (unpaired) electrons. The van der Waals surface area contributed by atoms with Crippen LogP contribution in [0.1, 0.15) is 12.8 Å². The van der Waals surface area contributed by atoms with Crippen molar-refractivity contribution < 1.29 is 9.59 Å². The molecule has 20 heavy (non-hydrogen) atoms. The molecule has 3 rings (SSSR count). The second kappa shape index (κ2) is 4.45. The molecule has 0 aromatic carbocycles. The molecular formula is C12H10ClN3O4. The lowest BCUT2D eigenvalue weighted by Crippen LogP contribution is -2.37. The first kappa shape index (κ1) is 12.9. The molecule has 2 N–H and O–H groups in total. The van der Waals surface area contributed by atoms with Crippen LogP contribution in [0.25, 0.3) is 0 Å². The lowest BCUT2D eigenvalue weighted by Gasteiger charge is -2.17. The van der Waals surface area contributed by atoms with E-state index in [0.29, 0.717) is 17.9 Å². The highest BCUT2D eigenvalue weighted by atomic mass is 35.5. The zero-order valence-corrected chi connectivity index (χ0v) is 10.9. The topological polar surface area (TPSA) is 103 Å². The Hall–Kier alpha value is -2.15. The van der Waals surface area contributed by atoms with Gasteiger partial charge in [-0.2, -0.15) is 0 Å². The molecule has 0 bridgehead atoms. The van der Waals surface area contributed by atoms with Crippen LogP contribution in [0.3, 0.4) is 0 Å². The molecule has 1 aliphatic heterocycles. The van der Waals surface area contributed by atoms with Crippen LogP contribution in [-0.4, -0.2) is 21.8 Å². The molecule has 1 fully saturated rings. The second-order valence-corrected chi connectivity index (χ2v) is 5.26. The van der Waals surface area contributed by atoms with Crippen molar-refractivity contribution in [1.82, 2.24) is 9.97 Å². The first-order valence-corrected chi connectivity index (χ1v) is 6.41. The monoisotopic (exact) mass is 295 g/mol. The smallest absolute Gasteiger partial charge is 0.312 e. The van der Waals surface area contributed by atoms with E-state index in [0.717, 1.165) is 11.1 Å². The SMILES string of the molecule is O=C1[C@H]2CC=C(Cl)C[C@H]2C(=O)N1c1c[nH]c(=O)[nH]c1=O. The van der Waals surface area contributed by atoms with Gasteiger partial charge in [-0.05, 0) is 12.8 Å². The largest absolute Gasteiger partial charge is 0.325 e. The number of allylic oxidation sites excluding steroid dienone is 2. The van der Waals surface area contributed by atoms with Crippen molar-refractivity contribution in [2.24, 2.45) is 11.8 Å². The average Bonchev–Trinajstić information content (AvgIpc) is 2.63. The number of nitrogens with one attached hydrogen (secondary N) is 2. The maximum atomic E-state index is 12.3. The summed E-state index contributed by atoms with van der Waals surface area (Å²) in [6.45, 7) is 0. The van der Waals surface area contributed by atoms with Crippen LogP contribution in [0, 0.1) is 11.8 Å². The van der Waals surface area contributed by atoms with E-state index >= 15 is 0 Å². The number of aromatic nitrogens is 2. The van der Waals surface area contributed by atoms with E-state index in [9.17, 15) is 19.2 Å². The second-order valence-electron chi connectivity index (χ2n) is 4.77. The van der Waals surface area contributed by atoms with E-state index in [4.69, 9.17) is 11.6 Å². The van der Waals surface area contributed by atoms with Crippen molar-refractivity contribution in [3.8, 4) is 0 Å². The van der Waals surface area contributed by atoms with Gasteiger partial charge in [-0.3, -0.25) is 19.4 Å². The summed E-state index contributed by atoms with van der Waals surface area (Å²) in [4.78, 5) is 52.4. The fourth-order valence-corrected chi connectivity index (χ4v) is 2.89. The first-order valence-electron chi connectivity index (χ1n) is 6.03. The lowest BCUT2D eigenvalue weighted by molar-refractivity contribution is -0.122. The number of H-pyrrole nitrogens is 2. The molecule has 2 heterocycles. The van der Waals surface area contributed by atoms with Crippen molar-refractivity contribution in [1.29, 1.82) is 0 Å². The van der Waals surface area contributed by atoms with E-state index < -0.39 is 34.9 Å². The quantitative estimate of drug-likeness (QED) is 0.716. The third kappa shape index (κ3) is 1.82. The molecule has 8 heteroatoms. The zero-order chi connectivity index (χ0) is 14.4. The van der Waals surface area contributed by atoms with Gasteiger partial charge in [-0.25, -0.2) is 9.69 Å². The standard InChI is InChI=1S/C12H10ClN3O4/c13-5-1-2-6-7(3-5)11(19)16(10(6)18)8-4-14-12(20)15-9(8)17/h1,4,6-7H,2-3H2,(H2,14,15,17,20)/t6-,7+/m0/s1. The Morgan fingerprint density at radius 3 is 2.55 bits per heavy atom. The molecule has 2 aliphatic rings. The summed E-state index contributed by atoms with van der Waals surface area (Å²) in [6.07, 6.45) is 3.47. The zero-order valence-electron chi connectivity index (χ0n) is 10.2. The number of aromatic amines is 2. The predicted octanol–water partition coefficient (Wildman–Crippen LogP) is 0.0853. The van der Waals surface area contributed by atoms with E-state index in [1.165, 1.54) is 0 Å². The molecule has 104 valence electrons. The number of carbonyl (C=O) groups is 2. The molecule has 0 saturated carbocycles. The molecule has 7 nitrogen and oxygen atoms in total. The third-order valence-electron chi connectivity index (χ3n) is 3.61. The summed E-state index contributed by atoms with van der Waals surface area (Å²) in [5.41, 5.74) is -1.63. The normalized spacial score (nSPS) is 25.6. The van der Waals surface area contributed by atoms with E-state index in [1.807, 2.05) is 4.98 Å². The van der Waals surface area contributed by atoms with Gasteiger partial charge in [0.25, 0.3) is 5.56 Å². The lowest BCUT2D eigenvalue weighted by atomic mass is 9.85.